The fourth-order valence-corrected chi connectivity index (χ4v) is 6.92. The number of hydrogen-bond donors (Lipinski definition) is 0. The molecule has 0 N–H and O–H groups in total. The zero-order valence-corrected chi connectivity index (χ0v) is 21.1. The molecule has 184 valence electrons. The monoisotopic (exact) mass is 485 g/mol. The summed E-state index contributed by atoms with van der Waals surface area (Å²) in [6.45, 7) is 6.50. The van der Waals surface area contributed by atoms with E-state index in [0.29, 0.717) is 39.2 Å². The Kier molecular flexibility index (Phi) is 7.60. The van der Waals surface area contributed by atoms with Crippen LogP contribution in [0.25, 0.3) is 0 Å². The number of fused-ring (bicyclic) bond motifs is 3. The fraction of sp³-hybridized carbons (Fsp3) is 0.500. The third-order valence-electron chi connectivity index (χ3n) is 6.81. The Balaban J connectivity index is 1.76. The molecular weight excluding hydrogens is 450 g/mol. The van der Waals surface area contributed by atoms with Gasteiger partial charge in [-0.05, 0) is 43.9 Å². The Morgan fingerprint density at radius 3 is 2.47 bits per heavy atom. The minimum absolute atomic E-state index is 0.0274. The van der Waals surface area contributed by atoms with Crippen molar-refractivity contribution >= 4 is 21.6 Å². The Hall–Kier alpha value is -2.42. The van der Waals surface area contributed by atoms with Gasteiger partial charge in [0.05, 0.1) is 12.9 Å². The van der Waals surface area contributed by atoms with Crippen LogP contribution in [0.15, 0.2) is 48.5 Å². The molecule has 8 heteroatoms. The molecule has 0 unspecified atom stereocenters. The van der Waals surface area contributed by atoms with E-state index >= 15 is 0 Å². The van der Waals surface area contributed by atoms with Crippen LogP contribution in [0.1, 0.15) is 44.2 Å². The van der Waals surface area contributed by atoms with Gasteiger partial charge in [0.25, 0.3) is 0 Å². The zero-order valence-electron chi connectivity index (χ0n) is 20.3. The molecule has 34 heavy (non-hydrogen) atoms. The summed E-state index contributed by atoms with van der Waals surface area (Å²) in [5, 5.41) is 0. The number of nitrogens with zero attached hydrogens (tertiary/aromatic N) is 3. The molecule has 2 aromatic rings. The molecule has 0 radical (unpaired) electrons. The van der Waals surface area contributed by atoms with Crippen molar-refractivity contribution < 1.29 is 17.9 Å². The number of benzene rings is 2. The number of carbonyl (C=O) groups excluding carboxylic acids is 1. The Morgan fingerprint density at radius 1 is 1.03 bits per heavy atom. The van der Waals surface area contributed by atoms with Gasteiger partial charge in [-0.15, -0.1) is 0 Å². The molecular formula is C26H35N3O4S. The van der Waals surface area contributed by atoms with Crippen LogP contribution in [0.3, 0.4) is 0 Å². The van der Waals surface area contributed by atoms with Crippen LogP contribution in [-0.2, 0) is 27.9 Å². The van der Waals surface area contributed by atoms with Gasteiger partial charge in [-0.25, -0.2) is 8.42 Å². The lowest BCUT2D eigenvalue weighted by molar-refractivity contribution is -0.116. The Labute approximate surface area is 203 Å². The van der Waals surface area contributed by atoms with Gasteiger partial charge < -0.3 is 9.64 Å². The minimum Gasteiger partial charge on any atom is -0.494 e. The van der Waals surface area contributed by atoms with Crippen molar-refractivity contribution in [1.82, 2.24) is 9.21 Å². The highest BCUT2D eigenvalue weighted by molar-refractivity contribution is 7.88. The van der Waals surface area contributed by atoms with E-state index in [1.165, 1.54) is 6.26 Å². The lowest BCUT2D eigenvalue weighted by Crippen LogP contribution is -2.46. The Bertz CT molecular complexity index is 1120. The van der Waals surface area contributed by atoms with E-state index in [9.17, 15) is 13.2 Å². The molecule has 0 spiro atoms. The summed E-state index contributed by atoms with van der Waals surface area (Å²) in [6.07, 6.45) is 3.58. The van der Waals surface area contributed by atoms with E-state index in [1.54, 1.807) is 16.1 Å². The predicted octanol–water partition coefficient (Wildman–Crippen LogP) is 3.64. The average molecular weight is 486 g/mol. The number of anilines is 1. The van der Waals surface area contributed by atoms with Crippen LogP contribution in [0.5, 0.6) is 5.75 Å². The van der Waals surface area contributed by atoms with Crippen molar-refractivity contribution in [3.8, 4) is 5.75 Å². The number of ether oxygens (including phenoxy) is 1. The number of amides is 1. The largest absolute Gasteiger partial charge is 0.494 e. The molecule has 1 saturated heterocycles. The first-order valence-corrected chi connectivity index (χ1v) is 13.9. The van der Waals surface area contributed by atoms with E-state index in [0.717, 1.165) is 35.4 Å². The molecule has 2 heterocycles. The maximum atomic E-state index is 12.8. The highest BCUT2D eigenvalue weighted by Crippen LogP contribution is 2.34. The summed E-state index contributed by atoms with van der Waals surface area (Å²) in [5.41, 5.74) is 3.04. The second-order valence-electron chi connectivity index (χ2n) is 9.28. The number of carbonyl (C=O) groups is 1. The van der Waals surface area contributed by atoms with Crippen LogP contribution < -0.4 is 9.64 Å². The number of rotatable bonds is 5. The van der Waals surface area contributed by atoms with Gasteiger partial charge in [0.2, 0.25) is 15.9 Å². The highest BCUT2D eigenvalue weighted by atomic mass is 32.2. The maximum absolute atomic E-state index is 12.8. The van der Waals surface area contributed by atoms with Gasteiger partial charge in [-0.1, -0.05) is 36.4 Å². The van der Waals surface area contributed by atoms with Gasteiger partial charge >= 0.3 is 0 Å². The van der Waals surface area contributed by atoms with Gasteiger partial charge in [0.15, 0.2) is 0 Å². The molecule has 2 bridgehead atoms. The third-order valence-corrected chi connectivity index (χ3v) is 8.18. The normalized spacial score (nSPS) is 22.1. The molecule has 2 aliphatic rings. The first-order valence-electron chi connectivity index (χ1n) is 12.1. The smallest absolute Gasteiger partial charge is 0.223 e. The topological polar surface area (TPSA) is 70.2 Å². The molecule has 1 fully saturated rings. The molecule has 0 aliphatic carbocycles. The second kappa shape index (κ2) is 10.5. The summed E-state index contributed by atoms with van der Waals surface area (Å²) < 4.78 is 33.3. The third kappa shape index (κ3) is 5.45. The standard InChI is InChI=1S/C26H35N3O4S/c1-4-33-26-12-8-6-10-22(26)18-27-17-21-9-5-7-11-25(21)28(20(2)30)16-15-23-13-14-24(19-27)29(23)34(3,31)32/h5-12,23-24H,4,13-19H2,1-3H3/t23-,24+/m1/s1. The van der Waals surface area contributed by atoms with Crippen LogP contribution >= 0.6 is 0 Å². The van der Waals surface area contributed by atoms with Crippen LogP contribution in [0.4, 0.5) is 5.69 Å². The van der Waals surface area contributed by atoms with Crippen molar-refractivity contribution in [1.29, 1.82) is 0 Å². The first kappa shape index (κ1) is 24.7. The van der Waals surface area contributed by atoms with E-state index < -0.39 is 10.0 Å². The van der Waals surface area contributed by atoms with Crippen molar-refractivity contribution in [2.75, 3.05) is 30.9 Å². The number of sulfonamides is 1. The highest BCUT2D eigenvalue weighted by Gasteiger charge is 2.40. The Morgan fingerprint density at radius 2 is 1.74 bits per heavy atom. The van der Waals surface area contributed by atoms with E-state index in [4.69, 9.17) is 4.74 Å². The van der Waals surface area contributed by atoms with Crippen LogP contribution in [-0.4, -0.2) is 61.6 Å². The van der Waals surface area contributed by atoms with Crippen molar-refractivity contribution in [2.24, 2.45) is 0 Å². The average Bonchev–Trinajstić information content (AvgIpc) is 3.17. The lowest BCUT2D eigenvalue weighted by Gasteiger charge is -2.32. The fourth-order valence-electron chi connectivity index (χ4n) is 5.45. The molecule has 7 nitrogen and oxygen atoms in total. The van der Waals surface area contributed by atoms with Crippen LogP contribution in [0, 0.1) is 0 Å². The molecule has 2 aliphatic heterocycles. The molecule has 0 aromatic heterocycles. The second-order valence-corrected chi connectivity index (χ2v) is 11.2. The minimum atomic E-state index is -3.38. The van der Waals surface area contributed by atoms with E-state index in [2.05, 4.69) is 17.0 Å². The summed E-state index contributed by atoms with van der Waals surface area (Å²) in [4.78, 5) is 16.8. The zero-order chi connectivity index (χ0) is 24.3. The molecule has 4 rings (SSSR count). The van der Waals surface area contributed by atoms with Gasteiger partial charge in [-0.2, -0.15) is 4.31 Å². The van der Waals surface area contributed by atoms with Crippen LogP contribution in [0.2, 0.25) is 0 Å². The van der Waals surface area contributed by atoms with Gasteiger partial charge in [-0.3, -0.25) is 9.69 Å². The molecule has 1 amide bonds. The number of para-hydroxylation sites is 2. The van der Waals surface area contributed by atoms with E-state index in [-0.39, 0.29) is 18.0 Å². The van der Waals surface area contributed by atoms with Gasteiger partial charge in [0.1, 0.15) is 5.75 Å². The van der Waals surface area contributed by atoms with Gasteiger partial charge in [0, 0.05) is 56.4 Å². The predicted molar refractivity (Wildman–Crippen MR) is 134 cm³/mol. The maximum Gasteiger partial charge on any atom is 0.223 e. The SMILES string of the molecule is CCOc1ccccc1CN1Cc2ccccc2N(C(C)=O)CC[C@H]2CC[C@@H](C1)N2S(C)(=O)=O. The van der Waals surface area contributed by atoms with Crippen molar-refractivity contribution in [3.63, 3.8) is 0 Å². The quantitative estimate of drug-likeness (QED) is 0.647. The lowest BCUT2D eigenvalue weighted by atomic mass is 10.1. The van der Waals surface area contributed by atoms with Crippen molar-refractivity contribution in [2.45, 2.75) is 58.3 Å². The van der Waals surface area contributed by atoms with E-state index in [1.807, 2.05) is 43.3 Å². The summed E-state index contributed by atoms with van der Waals surface area (Å²) in [6, 6.07) is 15.8. The molecule has 2 atom stereocenters. The summed E-state index contributed by atoms with van der Waals surface area (Å²) >= 11 is 0. The molecule has 0 saturated carbocycles. The first-order chi connectivity index (χ1) is 16.3. The molecule has 2 aromatic carbocycles. The summed E-state index contributed by atoms with van der Waals surface area (Å²) in [5.74, 6) is 0.822. The summed E-state index contributed by atoms with van der Waals surface area (Å²) in [7, 11) is -3.38. The number of hydrogen-bond acceptors (Lipinski definition) is 5. The van der Waals surface area contributed by atoms with Crippen molar-refractivity contribution in [3.05, 3.63) is 59.7 Å².